The molecule has 1 N–H and O–H groups in total. The van der Waals surface area contributed by atoms with Gasteiger partial charge in [-0.05, 0) is 19.3 Å². The minimum atomic E-state index is -1.72. The van der Waals surface area contributed by atoms with Gasteiger partial charge >= 0.3 is 0 Å². The number of halogens is 3. The maximum Gasteiger partial charge on any atom is 0.117 e. The summed E-state index contributed by atoms with van der Waals surface area (Å²) in [4.78, 5) is 0. The predicted molar refractivity (Wildman–Crippen MR) is 48.7 cm³/mol. The molecule has 0 radical (unpaired) electrons. The van der Waals surface area contributed by atoms with E-state index in [4.69, 9.17) is 0 Å². The third kappa shape index (κ3) is 1.26. The molecule has 0 aromatic carbocycles. The predicted octanol–water partition coefficient (Wildman–Crippen LogP) is 2.47. The lowest BCUT2D eigenvalue weighted by Crippen LogP contribution is -2.66. The molecule has 0 unspecified atom stereocenters. The lowest BCUT2D eigenvalue weighted by atomic mass is 9.46. The van der Waals surface area contributed by atoms with Gasteiger partial charge in [-0.2, -0.15) is 0 Å². The van der Waals surface area contributed by atoms with Crippen molar-refractivity contribution in [3.63, 3.8) is 0 Å². The third-order valence-electron chi connectivity index (χ3n) is 4.31. The molecule has 0 aromatic rings. The molecule has 4 fully saturated rings. The average molecular weight is 220 g/mol. The van der Waals surface area contributed by atoms with E-state index in [1.165, 1.54) is 0 Å². The normalized spacial score (nSPS) is 62.4. The van der Waals surface area contributed by atoms with E-state index in [0.717, 1.165) is 0 Å². The molecule has 4 heteroatoms. The summed E-state index contributed by atoms with van der Waals surface area (Å²) in [5, 5.41) is 9.27. The van der Waals surface area contributed by atoms with E-state index in [0.29, 0.717) is 0 Å². The highest BCUT2D eigenvalue weighted by molar-refractivity contribution is 5.20. The van der Waals surface area contributed by atoms with Gasteiger partial charge in [0.2, 0.25) is 0 Å². The molecule has 0 amide bonds. The first kappa shape index (κ1) is 9.94. The Hall–Kier alpha value is -0.250. The van der Waals surface area contributed by atoms with Gasteiger partial charge in [-0.25, -0.2) is 13.2 Å². The zero-order valence-corrected chi connectivity index (χ0v) is 8.53. The van der Waals surface area contributed by atoms with Crippen LogP contribution in [0.2, 0.25) is 0 Å². The average Bonchev–Trinajstić information content (AvgIpc) is 1.94. The summed E-state index contributed by atoms with van der Waals surface area (Å²) in [5.74, 6) is 0. The second-order valence-corrected chi connectivity index (χ2v) is 6.17. The van der Waals surface area contributed by atoms with E-state index in [9.17, 15) is 18.3 Å². The van der Waals surface area contributed by atoms with Crippen LogP contribution in [0.1, 0.15) is 38.5 Å². The molecule has 0 aromatic heterocycles. The van der Waals surface area contributed by atoms with E-state index in [1.54, 1.807) is 0 Å². The van der Waals surface area contributed by atoms with Crippen molar-refractivity contribution in [2.75, 3.05) is 6.61 Å². The second-order valence-electron chi connectivity index (χ2n) is 6.17. The highest BCUT2D eigenvalue weighted by atomic mass is 19.2. The summed E-state index contributed by atoms with van der Waals surface area (Å²) >= 11 is 0. The van der Waals surface area contributed by atoms with Crippen LogP contribution in [-0.4, -0.2) is 28.7 Å². The Bertz CT molecular complexity index is 263. The molecule has 15 heavy (non-hydrogen) atoms. The van der Waals surface area contributed by atoms with Crippen molar-refractivity contribution in [1.29, 1.82) is 0 Å². The third-order valence-corrected chi connectivity index (χ3v) is 4.31. The summed E-state index contributed by atoms with van der Waals surface area (Å²) in [5.41, 5.74) is -6.00. The summed E-state index contributed by atoms with van der Waals surface area (Å²) in [6.45, 7) is -0.296. The van der Waals surface area contributed by atoms with Crippen molar-refractivity contribution < 1.29 is 18.3 Å². The van der Waals surface area contributed by atoms with Crippen molar-refractivity contribution >= 4 is 0 Å². The topological polar surface area (TPSA) is 20.2 Å². The summed E-state index contributed by atoms with van der Waals surface area (Å²) in [7, 11) is 0. The highest BCUT2D eigenvalue weighted by Crippen LogP contribution is 2.67. The largest absolute Gasteiger partial charge is 0.396 e. The van der Waals surface area contributed by atoms with Crippen molar-refractivity contribution in [3.8, 4) is 0 Å². The van der Waals surface area contributed by atoms with Crippen LogP contribution in [0.25, 0.3) is 0 Å². The molecule has 0 heterocycles. The SMILES string of the molecule is OCC12CC3(F)CC(F)(CC(F)(C3)C1)C2. The fourth-order valence-electron chi connectivity index (χ4n) is 4.64. The lowest BCUT2D eigenvalue weighted by molar-refractivity contribution is -0.225. The Balaban J connectivity index is 2.06. The van der Waals surface area contributed by atoms with Crippen LogP contribution in [-0.2, 0) is 0 Å². The Morgan fingerprint density at radius 1 is 0.733 bits per heavy atom. The minimum Gasteiger partial charge on any atom is -0.396 e. The Labute approximate surface area is 86.7 Å². The molecule has 0 spiro atoms. The fourth-order valence-corrected chi connectivity index (χ4v) is 4.64. The first-order valence-electron chi connectivity index (χ1n) is 5.48. The molecular weight excluding hydrogens is 205 g/mol. The molecule has 4 aliphatic carbocycles. The zero-order chi connectivity index (χ0) is 10.9. The second kappa shape index (κ2) is 2.36. The number of alkyl halides is 3. The van der Waals surface area contributed by atoms with Gasteiger partial charge in [0, 0.05) is 31.3 Å². The van der Waals surface area contributed by atoms with Crippen LogP contribution in [0.3, 0.4) is 0 Å². The van der Waals surface area contributed by atoms with Gasteiger partial charge < -0.3 is 5.11 Å². The van der Waals surface area contributed by atoms with Crippen LogP contribution in [0, 0.1) is 5.41 Å². The van der Waals surface area contributed by atoms with Crippen LogP contribution < -0.4 is 0 Å². The van der Waals surface area contributed by atoms with Gasteiger partial charge in [-0.1, -0.05) is 0 Å². The highest BCUT2D eigenvalue weighted by Gasteiger charge is 2.70. The van der Waals surface area contributed by atoms with Gasteiger partial charge in [0.05, 0.1) is 0 Å². The van der Waals surface area contributed by atoms with Crippen molar-refractivity contribution in [3.05, 3.63) is 0 Å². The summed E-state index contributed by atoms with van der Waals surface area (Å²) < 4.78 is 42.6. The van der Waals surface area contributed by atoms with Crippen molar-refractivity contribution in [1.82, 2.24) is 0 Å². The van der Waals surface area contributed by atoms with Gasteiger partial charge in [-0.3, -0.25) is 0 Å². The quantitative estimate of drug-likeness (QED) is 0.719. The molecular formula is C11H15F3O. The van der Waals surface area contributed by atoms with Crippen LogP contribution >= 0.6 is 0 Å². The van der Waals surface area contributed by atoms with E-state index >= 15 is 0 Å². The Kier molecular flexibility index (Phi) is 1.57. The number of hydrogen-bond donors (Lipinski definition) is 1. The molecule has 86 valence electrons. The van der Waals surface area contributed by atoms with Crippen LogP contribution in [0.15, 0.2) is 0 Å². The Morgan fingerprint density at radius 2 is 1.07 bits per heavy atom. The summed E-state index contributed by atoms with van der Waals surface area (Å²) in [6.07, 6.45) is -0.121. The van der Waals surface area contributed by atoms with Gasteiger partial charge in [0.25, 0.3) is 0 Å². The minimum absolute atomic E-state index is 0.133. The monoisotopic (exact) mass is 220 g/mol. The first-order valence-corrected chi connectivity index (χ1v) is 5.48. The van der Waals surface area contributed by atoms with E-state index in [-0.39, 0.29) is 45.1 Å². The lowest BCUT2D eigenvalue weighted by Gasteiger charge is -2.62. The molecule has 0 atom stereocenters. The number of hydrogen-bond acceptors (Lipinski definition) is 1. The maximum atomic E-state index is 14.2. The van der Waals surface area contributed by atoms with Gasteiger partial charge in [0.15, 0.2) is 0 Å². The van der Waals surface area contributed by atoms with E-state index in [1.807, 2.05) is 0 Å². The first-order chi connectivity index (χ1) is 6.80. The molecule has 0 aliphatic heterocycles. The molecule has 4 bridgehead atoms. The van der Waals surface area contributed by atoms with Gasteiger partial charge in [0.1, 0.15) is 17.0 Å². The molecule has 4 aliphatic rings. The van der Waals surface area contributed by atoms with Crippen LogP contribution in [0.4, 0.5) is 13.2 Å². The standard InChI is InChI=1S/C11H15F3O/c12-9-1-8(7-15)2-10(13,4-9)6-11(14,3-8)5-9/h15H,1-7H2. The zero-order valence-electron chi connectivity index (χ0n) is 8.53. The van der Waals surface area contributed by atoms with Crippen molar-refractivity contribution in [2.24, 2.45) is 5.41 Å². The fraction of sp³-hybridized carbons (Fsp3) is 1.00. The van der Waals surface area contributed by atoms with E-state index < -0.39 is 22.4 Å². The van der Waals surface area contributed by atoms with Crippen molar-refractivity contribution in [2.45, 2.75) is 55.5 Å². The smallest absolute Gasteiger partial charge is 0.117 e. The molecule has 4 rings (SSSR count). The number of rotatable bonds is 1. The summed E-state index contributed by atoms with van der Waals surface area (Å²) in [6, 6.07) is 0. The molecule has 4 saturated carbocycles. The maximum absolute atomic E-state index is 14.2. The molecule has 0 saturated heterocycles. The van der Waals surface area contributed by atoms with Gasteiger partial charge in [-0.15, -0.1) is 0 Å². The van der Waals surface area contributed by atoms with E-state index in [2.05, 4.69) is 0 Å². The number of aliphatic hydroxyl groups is 1. The molecule has 1 nitrogen and oxygen atoms in total. The van der Waals surface area contributed by atoms with Crippen LogP contribution in [0.5, 0.6) is 0 Å². The Morgan fingerprint density at radius 3 is 1.33 bits per heavy atom. The number of aliphatic hydroxyl groups excluding tert-OH is 1.